The fourth-order valence-electron chi connectivity index (χ4n) is 4.28. The van der Waals surface area contributed by atoms with Crippen molar-refractivity contribution >= 4 is 17.5 Å². The zero-order chi connectivity index (χ0) is 18.5. The van der Waals surface area contributed by atoms with Gasteiger partial charge in [-0.15, -0.1) is 0 Å². The quantitative estimate of drug-likeness (QED) is 0.851. The average Bonchev–Trinajstić information content (AvgIpc) is 2.66. The number of nitrogens with zero attached hydrogens (tertiary/aromatic N) is 3. The van der Waals surface area contributed by atoms with E-state index in [1.165, 1.54) is 0 Å². The van der Waals surface area contributed by atoms with Crippen LogP contribution in [-0.4, -0.2) is 84.7 Å². The Kier molecular flexibility index (Phi) is 6.92. The van der Waals surface area contributed by atoms with Crippen molar-refractivity contribution in [1.82, 2.24) is 14.7 Å². The normalized spacial score (nSPS) is 25.4. The third kappa shape index (κ3) is 4.77. The summed E-state index contributed by atoms with van der Waals surface area (Å²) >= 11 is 6.05. The number of likely N-dealkylation sites (tertiary alicyclic amines) is 1. The van der Waals surface area contributed by atoms with Crippen molar-refractivity contribution in [2.24, 2.45) is 5.92 Å². The first kappa shape index (κ1) is 19.6. The molecule has 2 heterocycles. The molecule has 2 aliphatic rings. The van der Waals surface area contributed by atoms with Crippen LogP contribution in [0.1, 0.15) is 29.6 Å². The number of likely N-dealkylation sites (N-methyl/N-ethyl adjacent to an activating group) is 1. The van der Waals surface area contributed by atoms with Gasteiger partial charge in [0, 0.05) is 62.5 Å². The molecule has 0 radical (unpaired) electrons. The van der Waals surface area contributed by atoms with Gasteiger partial charge >= 0.3 is 0 Å². The Hall–Kier alpha value is -1.14. The van der Waals surface area contributed by atoms with Crippen LogP contribution in [0.2, 0.25) is 5.02 Å². The van der Waals surface area contributed by atoms with Crippen LogP contribution < -0.4 is 0 Å². The van der Waals surface area contributed by atoms with Crippen LogP contribution in [0.15, 0.2) is 24.3 Å². The summed E-state index contributed by atoms with van der Waals surface area (Å²) in [7, 11) is 2.17. The highest BCUT2D eigenvalue weighted by molar-refractivity contribution is 6.30. The number of amides is 1. The van der Waals surface area contributed by atoms with E-state index in [-0.39, 0.29) is 12.5 Å². The molecule has 2 aliphatic heterocycles. The third-order valence-electron chi connectivity index (χ3n) is 5.79. The van der Waals surface area contributed by atoms with E-state index < -0.39 is 0 Å². The van der Waals surface area contributed by atoms with Crippen molar-refractivity contribution in [2.45, 2.75) is 25.3 Å². The molecule has 2 saturated heterocycles. The zero-order valence-electron chi connectivity index (χ0n) is 15.6. The molecule has 2 atom stereocenters. The van der Waals surface area contributed by atoms with Gasteiger partial charge in [0.15, 0.2) is 0 Å². The number of piperidine rings is 1. The van der Waals surface area contributed by atoms with Crippen molar-refractivity contribution in [1.29, 1.82) is 0 Å². The monoisotopic (exact) mass is 379 g/mol. The SMILES string of the molecule is CN1CCN([C@H]2CCN(C(=O)c3cccc(Cl)c3)C[C@H]2CCCO)CC1. The van der Waals surface area contributed by atoms with Gasteiger partial charge in [0.05, 0.1) is 0 Å². The number of aliphatic hydroxyl groups excluding tert-OH is 1. The minimum atomic E-state index is 0.0679. The summed E-state index contributed by atoms with van der Waals surface area (Å²) in [6.07, 6.45) is 2.77. The third-order valence-corrected chi connectivity index (χ3v) is 6.03. The summed E-state index contributed by atoms with van der Waals surface area (Å²) in [6.45, 7) is 6.18. The van der Waals surface area contributed by atoms with E-state index in [2.05, 4.69) is 16.8 Å². The number of halogens is 1. The number of hydrogen-bond acceptors (Lipinski definition) is 4. The van der Waals surface area contributed by atoms with E-state index >= 15 is 0 Å². The minimum absolute atomic E-state index is 0.0679. The molecule has 3 rings (SSSR count). The largest absolute Gasteiger partial charge is 0.396 e. The molecule has 0 aromatic heterocycles. The van der Waals surface area contributed by atoms with Crippen LogP contribution >= 0.6 is 11.6 Å². The summed E-state index contributed by atoms with van der Waals surface area (Å²) < 4.78 is 0. The van der Waals surface area contributed by atoms with Gasteiger partial charge in [0.2, 0.25) is 0 Å². The van der Waals surface area contributed by atoms with E-state index in [9.17, 15) is 9.90 Å². The first-order chi connectivity index (χ1) is 12.6. The average molecular weight is 380 g/mol. The highest BCUT2D eigenvalue weighted by atomic mass is 35.5. The fourth-order valence-corrected chi connectivity index (χ4v) is 4.47. The summed E-state index contributed by atoms with van der Waals surface area (Å²) in [6, 6.07) is 7.72. The molecule has 0 bridgehead atoms. The Morgan fingerprint density at radius 3 is 2.69 bits per heavy atom. The maximum absolute atomic E-state index is 12.9. The van der Waals surface area contributed by atoms with Gasteiger partial charge in [0.25, 0.3) is 5.91 Å². The molecule has 2 fully saturated rings. The van der Waals surface area contributed by atoms with Gasteiger partial charge in [0.1, 0.15) is 0 Å². The Balaban J connectivity index is 1.68. The topological polar surface area (TPSA) is 47.0 Å². The Bertz CT molecular complexity index is 604. The number of rotatable bonds is 5. The van der Waals surface area contributed by atoms with Crippen molar-refractivity contribution in [3.05, 3.63) is 34.9 Å². The number of carbonyl (C=O) groups is 1. The highest BCUT2D eigenvalue weighted by Crippen LogP contribution is 2.28. The van der Waals surface area contributed by atoms with E-state index in [0.29, 0.717) is 22.5 Å². The molecule has 26 heavy (non-hydrogen) atoms. The highest BCUT2D eigenvalue weighted by Gasteiger charge is 2.35. The van der Waals surface area contributed by atoms with Crippen LogP contribution in [0.25, 0.3) is 0 Å². The zero-order valence-corrected chi connectivity index (χ0v) is 16.4. The van der Waals surface area contributed by atoms with Gasteiger partial charge in [-0.05, 0) is 50.4 Å². The summed E-state index contributed by atoms with van der Waals surface area (Å²) in [5, 5.41) is 9.89. The minimum Gasteiger partial charge on any atom is -0.396 e. The lowest BCUT2D eigenvalue weighted by atomic mass is 9.86. The van der Waals surface area contributed by atoms with Crippen LogP contribution in [0.5, 0.6) is 0 Å². The van der Waals surface area contributed by atoms with Crippen LogP contribution in [0, 0.1) is 5.92 Å². The number of piperazine rings is 1. The molecule has 0 spiro atoms. The smallest absolute Gasteiger partial charge is 0.253 e. The molecule has 0 saturated carbocycles. The van der Waals surface area contributed by atoms with Crippen molar-refractivity contribution in [2.75, 3.05) is 52.9 Å². The molecule has 1 aromatic carbocycles. The predicted octanol–water partition coefficient (Wildman–Crippen LogP) is 2.19. The molecule has 0 aliphatic carbocycles. The lowest BCUT2D eigenvalue weighted by Gasteiger charge is -2.46. The fraction of sp³-hybridized carbons (Fsp3) is 0.650. The second kappa shape index (κ2) is 9.18. The van der Waals surface area contributed by atoms with Crippen molar-refractivity contribution < 1.29 is 9.90 Å². The lowest BCUT2D eigenvalue weighted by molar-refractivity contribution is 0.0218. The molecule has 0 unspecified atom stereocenters. The second-order valence-electron chi connectivity index (χ2n) is 7.58. The maximum atomic E-state index is 12.9. The molecule has 6 heteroatoms. The van der Waals surface area contributed by atoms with Gasteiger partial charge < -0.3 is 14.9 Å². The molecule has 1 amide bonds. The molecule has 144 valence electrons. The molecular weight excluding hydrogens is 350 g/mol. The number of hydrogen-bond donors (Lipinski definition) is 1. The van der Waals surface area contributed by atoms with Crippen LogP contribution in [-0.2, 0) is 0 Å². The summed E-state index contributed by atoms with van der Waals surface area (Å²) in [4.78, 5) is 19.8. The number of aliphatic hydroxyl groups is 1. The van der Waals surface area contributed by atoms with Crippen molar-refractivity contribution in [3.8, 4) is 0 Å². The van der Waals surface area contributed by atoms with Gasteiger partial charge in [-0.25, -0.2) is 0 Å². The molecule has 1 N–H and O–H groups in total. The standard InChI is InChI=1S/C20H30ClN3O2/c1-22-9-11-23(12-10-22)19-7-8-24(15-17(19)5-3-13-25)20(26)16-4-2-6-18(21)14-16/h2,4,6,14,17,19,25H,3,5,7-13,15H2,1H3/t17-,19+/m1/s1. The maximum Gasteiger partial charge on any atom is 0.253 e. The Morgan fingerprint density at radius 1 is 1.23 bits per heavy atom. The van der Waals surface area contributed by atoms with Crippen LogP contribution in [0.4, 0.5) is 0 Å². The molecular formula is C20H30ClN3O2. The summed E-state index contributed by atoms with van der Waals surface area (Å²) in [5.74, 6) is 0.487. The summed E-state index contributed by atoms with van der Waals surface area (Å²) in [5.41, 5.74) is 0.663. The van der Waals surface area contributed by atoms with Gasteiger partial charge in [-0.2, -0.15) is 0 Å². The number of benzene rings is 1. The lowest BCUT2D eigenvalue weighted by Crippen LogP contribution is -2.56. The second-order valence-corrected chi connectivity index (χ2v) is 8.02. The van der Waals surface area contributed by atoms with E-state index in [0.717, 1.165) is 58.5 Å². The van der Waals surface area contributed by atoms with E-state index in [4.69, 9.17) is 11.6 Å². The molecule has 1 aromatic rings. The van der Waals surface area contributed by atoms with E-state index in [1.54, 1.807) is 12.1 Å². The predicted molar refractivity (Wildman–Crippen MR) is 105 cm³/mol. The van der Waals surface area contributed by atoms with E-state index in [1.807, 2.05) is 17.0 Å². The number of carbonyl (C=O) groups excluding carboxylic acids is 1. The first-order valence-electron chi connectivity index (χ1n) is 9.67. The Labute approximate surface area is 161 Å². The van der Waals surface area contributed by atoms with Crippen LogP contribution in [0.3, 0.4) is 0 Å². The molecule has 5 nitrogen and oxygen atoms in total. The van der Waals surface area contributed by atoms with Crippen molar-refractivity contribution in [3.63, 3.8) is 0 Å². The van der Waals surface area contributed by atoms with Gasteiger partial charge in [-0.3, -0.25) is 9.69 Å². The van der Waals surface area contributed by atoms with Gasteiger partial charge in [-0.1, -0.05) is 17.7 Å². The Morgan fingerprint density at radius 2 is 2.00 bits per heavy atom. The first-order valence-corrected chi connectivity index (χ1v) is 10.0.